The smallest absolute Gasteiger partial charge is 0.273 e. The van der Waals surface area contributed by atoms with Crippen LogP contribution in [0.3, 0.4) is 0 Å². The molecule has 0 spiro atoms. The third kappa shape index (κ3) is 3.83. The molecule has 98 valence electrons. The molecule has 2 N–H and O–H groups in total. The van der Waals surface area contributed by atoms with Crippen LogP contribution in [0.25, 0.3) is 0 Å². The summed E-state index contributed by atoms with van der Waals surface area (Å²) < 4.78 is 31.1. The first-order chi connectivity index (χ1) is 7.86. The lowest BCUT2D eigenvalue weighted by atomic mass is 9.99. The molecule has 5 nitrogen and oxygen atoms in total. The minimum atomic E-state index is -3.61. The molecule has 0 saturated heterocycles. The van der Waals surface area contributed by atoms with E-state index in [0.717, 1.165) is 0 Å². The van der Waals surface area contributed by atoms with Crippen molar-refractivity contribution in [1.82, 2.24) is 4.72 Å². The number of aliphatic hydroxyl groups excluding tert-OH is 1. The predicted molar refractivity (Wildman–Crippen MR) is 63.8 cm³/mol. The maximum absolute atomic E-state index is 11.8. The van der Waals surface area contributed by atoms with E-state index in [0.29, 0.717) is 12.5 Å². The highest BCUT2D eigenvalue weighted by atomic mass is 32.2. The van der Waals surface area contributed by atoms with Gasteiger partial charge < -0.3 is 9.52 Å². The number of hydrogen-bond acceptors (Lipinski definition) is 4. The van der Waals surface area contributed by atoms with Crippen LogP contribution in [0.2, 0.25) is 0 Å². The number of aliphatic hydroxyl groups is 1. The summed E-state index contributed by atoms with van der Waals surface area (Å²) in [5, 5.41) is 8.64. The number of nitrogens with one attached hydrogen (secondary N) is 1. The van der Waals surface area contributed by atoms with Crippen molar-refractivity contribution in [2.24, 2.45) is 11.8 Å². The van der Waals surface area contributed by atoms with Gasteiger partial charge in [0, 0.05) is 6.54 Å². The third-order valence-electron chi connectivity index (χ3n) is 2.79. The molecule has 0 aliphatic carbocycles. The predicted octanol–water partition coefficient (Wildman–Crippen LogP) is 1.34. The Balaban J connectivity index is 2.69. The fraction of sp³-hybridized carbons (Fsp3) is 0.636. The van der Waals surface area contributed by atoms with Gasteiger partial charge in [-0.3, -0.25) is 0 Å². The van der Waals surface area contributed by atoms with E-state index in [2.05, 4.69) is 4.72 Å². The van der Waals surface area contributed by atoms with Gasteiger partial charge >= 0.3 is 0 Å². The van der Waals surface area contributed by atoms with Crippen LogP contribution in [-0.2, 0) is 16.6 Å². The third-order valence-corrected chi connectivity index (χ3v) is 4.09. The van der Waals surface area contributed by atoms with E-state index in [1.165, 1.54) is 12.1 Å². The Kier molecular flexibility index (Phi) is 4.73. The first kappa shape index (κ1) is 14.2. The monoisotopic (exact) mass is 261 g/mol. The Morgan fingerprint density at radius 2 is 2.00 bits per heavy atom. The van der Waals surface area contributed by atoms with Crippen molar-refractivity contribution in [3.8, 4) is 0 Å². The second-order valence-electron chi connectivity index (χ2n) is 4.45. The van der Waals surface area contributed by atoms with Crippen LogP contribution in [0, 0.1) is 11.8 Å². The number of hydrogen-bond donors (Lipinski definition) is 2. The fourth-order valence-electron chi connectivity index (χ4n) is 1.14. The molecule has 0 aliphatic heterocycles. The molecular formula is C11H19NO4S. The van der Waals surface area contributed by atoms with Gasteiger partial charge in [0.05, 0.1) is 0 Å². The van der Waals surface area contributed by atoms with Crippen LogP contribution < -0.4 is 4.72 Å². The van der Waals surface area contributed by atoms with Crippen molar-refractivity contribution >= 4 is 10.0 Å². The Morgan fingerprint density at radius 1 is 1.35 bits per heavy atom. The lowest BCUT2D eigenvalue weighted by Crippen LogP contribution is -2.30. The van der Waals surface area contributed by atoms with Crippen molar-refractivity contribution in [2.45, 2.75) is 32.5 Å². The maximum Gasteiger partial charge on any atom is 0.273 e. The molecule has 1 unspecified atom stereocenters. The Labute approximate surface area is 102 Å². The normalized spacial score (nSPS) is 14.2. The molecule has 0 saturated carbocycles. The standard InChI is InChI=1S/C11H19NO4S/c1-8(2)9(3)6-12-17(14,15)11-5-4-10(7-13)16-11/h4-5,8-9,12-13H,6-7H2,1-3H3. The quantitative estimate of drug-likeness (QED) is 0.810. The molecule has 0 fully saturated rings. The van der Waals surface area contributed by atoms with Gasteiger partial charge in [-0.05, 0) is 24.0 Å². The van der Waals surface area contributed by atoms with Crippen LogP contribution >= 0.6 is 0 Å². The average molecular weight is 261 g/mol. The molecule has 1 heterocycles. The Bertz CT molecular complexity index is 450. The average Bonchev–Trinajstić information content (AvgIpc) is 2.75. The van der Waals surface area contributed by atoms with Crippen LogP contribution in [0.1, 0.15) is 26.5 Å². The molecule has 6 heteroatoms. The largest absolute Gasteiger partial charge is 0.446 e. The minimum absolute atomic E-state index is 0.155. The van der Waals surface area contributed by atoms with Gasteiger partial charge in [-0.2, -0.15) is 0 Å². The lowest BCUT2D eigenvalue weighted by Gasteiger charge is -2.15. The van der Waals surface area contributed by atoms with E-state index in [4.69, 9.17) is 9.52 Å². The second kappa shape index (κ2) is 5.66. The van der Waals surface area contributed by atoms with Gasteiger partial charge in [0.1, 0.15) is 12.4 Å². The first-order valence-corrected chi connectivity index (χ1v) is 7.04. The highest BCUT2D eigenvalue weighted by Crippen LogP contribution is 2.15. The van der Waals surface area contributed by atoms with Gasteiger partial charge in [0.25, 0.3) is 10.0 Å². The van der Waals surface area contributed by atoms with E-state index >= 15 is 0 Å². The fourth-order valence-corrected chi connectivity index (χ4v) is 2.22. The van der Waals surface area contributed by atoms with Crippen LogP contribution in [-0.4, -0.2) is 20.1 Å². The Morgan fingerprint density at radius 3 is 2.47 bits per heavy atom. The van der Waals surface area contributed by atoms with Gasteiger partial charge in [-0.1, -0.05) is 20.8 Å². The molecule has 0 aromatic carbocycles. The molecule has 0 aliphatic rings. The van der Waals surface area contributed by atoms with Crippen molar-refractivity contribution < 1.29 is 17.9 Å². The number of rotatable bonds is 6. The maximum atomic E-state index is 11.8. The van der Waals surface area contributed by atoms with Gasteiger partial charge in [-0.15, -0.1) is 0 Å². The summed E-state index contributed by atoms with van der Waals surface area (Å²) in [7, 11) is -3.61. The summed E-state index contributed by atoms with van der Waals surface area (Å²) >= 11 is 0. The summed E-state index contributed by atoms with van der Waals surface area (Å²) in [6.45, 7) is 6.12. The highest BCUT2D eigenvalue weighted by molar-refractivity contribution is 7.89. The molecule has 1 aromatic rings. The second-order valence-corrected chi connectivity index (χ2v) is 6.15. The molecule has 17 heavy (non-hydrogen) atoms. The van der Waals surface area contributed by atoms with E-state index in [1.807, 2.05) is 20.8 Å². The van der Waals surface area contributed by atoms with Gasteiger partial charge in [0.2, 0.25) is 5.09 Å². The Hall–Kier alpha value is -0.850. The lowest BCUT2D eigenvalue weighted by molar-refractivity contribution is 0.236. The molecular weight excluding hydrogens is 242 g/mol. The van der Waals surface area contributed by atoms with Crippen molar-refractivity contribution in [2.75, 3.05) is 6.54 Å². The summed E-state index contributed by atoms with van der Waals surface area (Å²) in [6.07, 6.45) is 0. The summed E-state index contributed by atoms with van der Waals surface area (Å²) in [5.74, 6) is 0.890. The molecule has 1 aromatic heterocycles. The van der Waals surface area contributed by atoms with Crippen LogP contribution in [0.15, 0.2) is 21.6 Å². The van der Waals surface area contributed by atoms with Crippen molar-refractivity contribution in [3.63, 3.8) is 0 Å². The van der Waals surface area contributed by atoms with E-state index < -0.39 is 10.0 Å². The zero-order valence-electron chi connectivity index (χ0n) is 10.3. The number of sulfonamides is 1. The zero-order valence-corrected chi connectivity index (χ0v) is 11.1. The first-order valence-electron chi connectivity index (χ1n) is 5.56. The molecule has 0 bridgehead atoms. The van der Waals surface area contributed by atoms with Crippen LogP contribution in [0.4, 0.5) is 0 Å². The molecule has 1 rings (SSSR count). The molecule has 1 atom stereocenters. The van der Waals surface area contributed by atoms with Crippen LogP contribution in [0.5, 0.6) is 0 Å². The van der Waals surface area contributed by atoms with E-state index in [1.54, 1.807) is 0 Å². The summed E-state index contributed by atoms with van der Waals surface area (Å²) in [6, 6.07) is 2.79. The summed E-state index contributed by atoms with van der Waals surface area (Å²) in [4.78, 5) is 0. The SMILES string of the molecule is CC(C)C(C)CNS(=O)(=O)c1ccc(CO)o1. The van der Waals surface area contributed by atoms with E-state index in [-0.39, 0.29) is 23.4 Å². The molecule has 0 amide bonds. The highest BCUT2D eigenvalue weighted by Gasteiger charge is 2.20. The number of furan rings is 1. The minimum Gasteiger partial charge on any atom is -0.446 e. The van der Waals surface area contributed by atoms with Crippen molar-refractivity contribution in [3.05, 3.63) is 17.9 Å². The summed E-state index contributed by atoms with van der Waals surface area (Å²) in [5.41, 5.74) is 0. The van der Waals surface area contributed by atoms with E-state index in [9.17, 15) is 8.42 Å². The zero-order chi connectivity index (χ0) is 13.1. The van der Waals surface area contributed by atoms with Crippen molar-refractivity contribution in [1.29, 1.82) is 0 Å². The van der Waals surface area contributed by atoms with Gasteiger partial charge in [-0.25, -0.2) is 13.1 Å². The van der Waals surface area contributed by atoms with Gasteiger partial charge in [0.15, 0.2) is 0 Å². The topological polar surface area (TPSA) is 79.5 Å². The molecule has 0 radical (unpaired) electrons.